The van der Waals surface area contributed by atoms with Gasteiger partial charge in [0.2, 0.25) is 0 Å². The summed E-state index contributed by atoms with van der Waals surface area (Å²) in [4.78, 5) is 39.0. The average molecular weight is 490 g/mol. The van der Waals surface area contributed by atoms with E-state index in [1.54, 1.807) is 30.5 Å². The third-order valence-electron chi connectivity index (χ3n) is 5.16. The van der Waals surface area contributed by atoms with Crippen LogP contribution in [0.2, 0.25) is 10.0 Å². The molecule has 0 fully saturated rings. The van der Waals surface area contributed by atoms with Crippen LogP contribution in [0, 0.1) is 0 Å². The molecule has 0 aliphatic heterocycles. The summed E-state index contributed by atoms with van der Waals surface area (Å²) >= 11 is 12.4. The van der Waals surface area contributed by atoms with E-state index in [0.717, 1.165) is 0 Å². The number of aromatic nitrogens is 3. The summed E-state index contributed by atoms with van der Waals surface area (Å²) in [5.74, 6) is -0.741. The number of hydrogen-bond acceptors (Lipinski definition) is 9. The first-order valence-electron chi connectivity index (χ1n) is 9.83. The molecule has 34 heavy (non-hydrogen) atoms. The molecule has 0 amide bonds. The number of hydrogen-bond donors (Lipinski definition) is 2. The van der Waals surface area contributed by atoms with Crippen molar-refractivity contribution >= 4 is 57.8 Å². The van der Waals surface area contributed by atoms with Crippen LogP contribution in [0.4, 0.5) is 23.0 Å². The molecule has 5 rings (SSSR count). The summed E-state index contributed by atoms with van der Waals surface area (Å²) in [6, 6.07) is 12.8. The number of nitrogen functional groups attached to an aromatic ring is 2. The zero-order valence-electron chi connectivity index (χ0n) is 17.2. The number of ketones is 2. The molecule has 1 aliphatic rings. The first-order chi connectivity index (χ1) is 16.4. The van der Waals surface area contributed by atoms with E-state index < -0.39 is 11.6 Å². The zero-order chi connectivity index (χ0) is 24.0. The SMILES string of the molecule is Nc1nc(-c2ccccn2)nc(N)c1N=Nc1cccc2c1C(=O)c1c(Cl)ccc(Cl)c1C2=O. The van der Waals surface area contributed by atoms with Gasteiger partial charge in [0.05, 0.1) is 32.4 Å². The van der Waals surface area contributed by atoms with E-state index in [0.29, 0.717) is 5.69 Å². The second-order valence-electron chi connectivity index (χ2n) is 7.22. The second-order valence-corrected chi connectivity index (χ2v) is 8.03. The maximum atomic E-state index is 13.3. The van der Waals surface area contributed by atoms with Crippen molar-refractivity contribution in [3.63, 3.8) is 0 Å². The third kappa shape index (κ3) is 3.47. The second kappa shape index (κ2) is 8.29. The molecule has 0 unspecified atom stereocenters. The Balaban J connectivity index is 1.58. The van der Waals surface area contributed by atoms with Gasteiger partial charge in [-0.1, -0.05) is 41.4 Å². The van der Waals surface area contributed by atoms with Crippen LogP contribution in [0.5, 0.6) is 0 Å². The number of anilines is 2. The van der Waals surface area contributed by atoms with Crippen LogP contribution in [0.3, 0.4) is 0 Å². The molecule has 0 saturated heterocycles. The van der Waals surface area contributed by atoms with Crippen molar-refractivity contribution < 1.29 is 9.59 Å². The van der Waals surface area contributed by atoms with Crippen LogP contribution in [0.15, 0.2) is 65.0 Å². The van der Waals surface area contributed by atoms with Crippen LogP contribution >= 0.6 is 23.2 Å². The molecule has 1 aliphatic carbocycles. The molecule has 0 spiro atoms. The number of azo groups is 1. The van der Waals surface area contributed by atoms with Crippen molar-refractivity contribution in [3.8, 4) is 11.5 Å². The maximum Gasteiger partial charge on any atom is 0.198 e. The molecule has 0 saturated carbocycles. The van der Waals surface area contributed by atoms with E-state index >= 15 is 0 Å². The molecule has 0 atom stereocenters. The van der Waals surface area contributed by atoms with Crippen LogP contribution in [0.1, 0.15) is 31.8 Å². The molecule has 0 bridgehead atoms. The summed E-state index contributed by atoms with van der Waals surface area (Å²) in [7, 11) is 0. The number of nitrogens with two attached hydrogens (primary N) is 2. The van der Waals surface area contributed by atoms with Gasteiger partial charge in [0, 0.05) is 11.8 Å². The van der Waals surface area contributed by atoms with E-state index in [-0.39, 0.29) is 61.1 Å². The van der Waals surface area contributed by atoms with Gasteiger partial charge >= 0.3 is 0 Å². The van der Waals surface area contributed by atoms with Crippen LogP contribution in [-0.2, 0) is 0 Å². The van der Waals surface area contributed by atoms with Crippen molar-refractivity contribution in [2.45, 2.75) is 0 Å². The molecular weight excluding hydrogens is 477 g/mol. The highest BCUT2D eigenvalue weighted by atomic mass is 35.5. The van der Waals surface area contributed by atoms with Gasteiger partial charge in [0.1, 0.15) is 5.69 Å². The number of carbonyl (C=O) groups is 2. The number of benzene rings is 2. The number of carbonyl (C=O) groups excluding carboxylic acids is 2. The first-order valence-corrected chi connectivity index (χ1v) is 10.6. The predicted octanol–water partition coefficient (Wildman–Crippen LogP) is 5.20. The molecular formula is C23H13Cl2N7O2. The van der Waals surface area contributed by atoms with Crippen molar-refractivity contribution in [2.24, 2.45) is 10.2 Å². The highest BCUT2D eigenvalue weighted by molar-refractivity contribution is 6.43. The van der Waals surface area contributed by atoms with Crippen LogP contribution < -0.4 is 11.5 Å². The Labute approximate surface area is 202 Å². The normalized spacial score (nSPS) is 12.6. The molecule has 4 N–H and O–H groups in total. The largest absolute Gasteiger partial charge is 0.382 e. The number of halogens is 2. The zero-order valence-corrected chi connectivity index (χ0v) is 18.7. The van der Waals surface area contributed by atoms with E-state index in [1.807, 2.05) is 0 Å². The van der Waals surface area contributed by atoms with Crippen LogP contribution in [0.25, 0.3) is 11.5 Å². The summed E-state index contributed by atoms with van der Waals surface area (Å²) in [6.45, 7) is 0. The fraction of sp³-hybridized carbons (Fsp3) is 0. The summed E-state index contributed by atoms with van der Waals surface area (Å²) in [6.07, 6.45) is 1.59. The quantitative estimate of drug-likeness (QED) is 0.330. The smallest absolute Gasteiger partial charge is 0.198 e. The molecule has 0 radical (unpaired) electrons. The van der Waals surface area contributed by atoms with Gasteiger partial charge < -0.3 is 11.5 Å². The minimum absolute atomic E-state index is 0.0216. The van der Waals surface area contributed by atoms with Gasteiger partial charge in [0.25, 0.3) is 0 Å². The van der Waals surface area contributed by atoms with Crippen molar-refractivity contribution in [1.29, 1.82) is 0 Å². The molecule has 11 heteroatoms. The van der Waals surface area contributed by atoms with Gasteiger partial charge in [-0.25, -0.2) is 9.97 Å². The number of fused-ring (bicyclic) bond motifs is 2. The fourth-order valence-corrected chi connectivity index (χ4v) is 4.10. The highest BCUT2D eigenvalue weighted by Crippen LogP contribution is 2.40. The minimum atomic E-state index is -0.491. The van der Waals surface area contributed by atoms with E-state index in [2.05, 4.69) is 25.2 Å². The summed E-state index contributed by atoms with van der Waals surface area (Å²) in [5.41, 5.74) is 13.0. The lowest BCUT2D eigenvalue weighted by atomic mass is 9.83. The molecule has 2 aromatic heterocycles. The van der Waals surface area contributed by atoms with Gasteiger partial charge in [-0.15, -0.1) is 10.2 Å². The first kappa shape index (κ1) is 21.6. The van der Waals surface area contributed by atoms with Crippen LogP contribution in [-0.4, -0.2) is 26.5 Å². The summed E-state index contributed by atoms with van der Waals surface area (Å²) in [5, 5.41) is 8.48. The molecule has 2 heterocycles. The third-order valence-corrected chi connectivity index (χ3v) is 5.79. The van der Waals surface area contributed by atoms with Crippen molar-refractivity contribution in [2.75, 3.05) is 11.5 Å². The maximum absolute atomic E-state index is 13.3. The highest BCUT2D eigenvalue weighted by Gasteiger charge is 2.35. The number of rotatable bonds is 3. The Bertz CT molecular complexity index is 1520. The Hall–Kier alpha value is -4.21. The predicted molar refractivity (Wildman–Crippen MR) is 128 cm³/mol. The number of pyridine rings is 1. The Kier molecular flexibility index (Phi) is 5.27. The minimum Gasteiger partial charge on any atom is -0.382 e. The van der Waals surface area contributed by atoms with Gasteiger partial charge in [0.15, 0.2) is 34.7 Å². The van der Waals surface area contributed by atoms with E-state index in [9.17, 15) is 9.59 Å². The van der Waals surface area contributed by atoms with E-state index in [1.165, 1.54) is 24.3 Å². The summed E-state index contributed by atoms with van der Waals surface area (Å²) < 4.78 is 0. The lowest BCUT2D eigenvalue weighted by Gasteiger charge is -2.20. The molecule has 2 aromatic carbocycles. The van der Waals surface area contributed by atoms with Gasteiger partial charge in [-0.05, 0) is 30.3 Å². The molecule has 166 valence electrons. The molecule has 4 aromatic rings. The van der Waals surface area contributed by atoms with Crippen molar-refractivity contribution in [3.05, 3.63) is 87.0 Å². The van der Waals surface area contributed by atoms with E-state index in [4.69, 9.17) is 34.7 Å². The van der Waals surface area contributed by atoms with Crippen molar-refractivity contribution in [1.82, 2.24) is 15.0 Å². The fourth-order valence-electron chi connectivity index (χ4n) is 3.61. The lowest BCUT2D eigenvalue weighted by Crippen LogP contribution is -2.22. The monoisotopic (exact) mass is 489 g/mol. The Morgan fingerprint density at radius 2 is 1.41 bits per heavy atom. The standard InChI is InChI=1S/C23H13Cl2N7O2/c24-11-7-8-12(25)17-16(11)19(33)10-4-3-6-13(15(10)20(17)34)31-32-18-21(26)29-23(30-22(18)27)14-5-1-2-9-28-14/h1-9H,(H4,26,27,29,30). The van der Waals surface area contributed by atoms with Gasteiger partial charge in [-0.2, -0.15) is 0 Å². The Morgan fingerprint density at radius 3 is 2.06 bits per heavy atom. The topological polar surface area (TPSA) is 150 Å². The average Bonchev–Trinajstić information content (AvgIpc) is 2.83. The Morgan fingerprint density at radius 1 is 0.735 bits per heavy atom. The molecule has 9 nitrogen and oxygen atoms in total. The van der Waals surface area contributed by atoms with Gasteiger partial charge in [-0.3, -0.25) is 14.6 Å². The number of nitrogens with zero attached hydrogens (tertiary/aromatic N) is 5. The lowest BCUT2D eigenvalue weighted by molar-refractivity contribution is 0.0979.